The molecular weight excluding hydrogens is 588 g/mol. The number of benzene rings is 2. The average molecular weight is 621 g/mol. The zero-order valence-corrected chi connectivity index (χ0v) is 24.2. The number of aliphatic hydroxyl groups excluding tert-OH is 1. The lowest BCUT2D eigenvalue weighted by Gasteiger charge is -2.39. The van der Waals surface area contributed by atoms with Crippen molar-refractivity contribution in [2.24, 2.45) is 0 Å². The van der Waals surface area contributed by atoms with Gasteiger partial charge in [-0.1, -0.05) is 41.6 Å². The third-order valence-corrected chi connectivity index (χ3v) is 7.60. The molecule has 226 valence electrons. The summed E-state index contributed by atoms with van der Waals surface area (Å²) in [4.78, 5) is 46.0. The molecule has 42 heavy (non-hydrogen) atoms. The lowest BCUT2D eigenvalue weighted by atomic mass is 9.96. The highest BCUT2D eigenvalue weighted by Gasteiger charge is 2.30. The van der Waals surface area contributed by atoms with Gasteiger partial charge in [-0.25, -0.2) is 19.2 Å². The molecule has 2 aromatic rings. The van der Waals surface area contributed by atoms with Crippen LogP contribution in [0.5, 0.6) is 0 Å². The molecule has 1 unspecified atom stereocenters. The lowest BCUT2D eigenvalue weighted by molar-refractivity contribution is -0.134. The molecule has 0 bridgehead atoms. The van der Waals surface area contributed by atoms with Gasteiger partial charge in [-0.3, -0.25) is 4.90 Å². The van der Waals surface area contributed by atoms with E-state index >= 15 is 0 Å². The Morgan fingerprint density at radius 3 is 1.88 bits per heavy atom. The van der Waals surface area contributed by atoms with Crippen molar-refractivity contribution >= 4 is 47.2 Å². The van der Waals surface area contributed by atoms with Crippen molar-refractivity contribution in [2.75, 3.05) is 39.3 Å². The molecule has 4 rings (SSSR count). The number of aliphatic hydroxyl groups is 1. The van der Waals surface area contributed by atoms with Crippen LogP contribution in [0.15, 0.2) is 76.6 Å². The molecule has 2 aliphatic rings. The van der Waals surface area contributed by atoms with Crippen molar-refractivity contribution < 1.29 is 44.7 Å². The molecule has 13 heteroatoms. The van der Waals surface area contributed by atoms with Crippen molar-refractivity contribution in [1.29, 1.82) is 0 Å². The second-order valence-corrected chi connectivity index (χ2v) is 10.6. The fourth-order valence-electron chi connectivity index (χ4n) is 4.29. The molecule has 1 atom stereocenters. The molecule has 5 N–H and O–H groups in total. The van der Waals surface area contributed by atoms with Crippen LogP contribution in [0.4, 0.5) is 0 Å². The quantitative estimate of drug-likeness (QED) is 0.272. The van der Waals surface area contributed by atoms with Crippen LogP contribution in [-0.4, -0.2) is 98.5 Å². The molecule has 11 nitrogen and oxygen atoms in total. The maximum Gasteiger partial charge on any atom is 0.328 e. The number of carboxylic acid groups (broad SMARTS) is 4. The van der Waals surface area contributed by atoms with Gasteiger partial charge in [-0.2, -0.15) is 0 Å². The van der Waals surface area contributed by atoms with Gasteiger partial charge in [0.1, 0.15) is 0 Å². The second-order valence-electron chi connectivity index (χ2n) is 9.09. The summed E-state index contributed by atoms with van der Waals surface area (Å²) in [5.74, 6) is -5.03. The van der Waals surface area contributed by atoms with E-state index in [1.54, 1.807) is 0 Å². The van der Waals surface area contributed by atoms with Gasteiger partial charge in [0, 0.05) is 84.5 Å². The van der Waals surface area contributed by atoms with E-state index in [1.165, 1.54) is 20.9 Å². The van der Waals surface area contributed by atoms with Crippen molar-refractivity contribution in [2.45, 2.75) is 28.7 Å². The topological polar surface area (TPSA) is 176 Å². The summed E-state index contributed by atoms with van der Waals surface area (Å²) in [5.41, 5.74) is 2.79. The van der Waals surface area contributed by atoms with Gasteiger partial charge in [0.25, 0.3) is 0 Å². The van der Waals surface area contributed by atoms with Crippen LogP contribution in [0.3, 0.4) is 0 Å². The molecule has 1 fully saturated rings. The van der Waals surface area contributed by atoms with Crippen molar-refractivity contribution in [3.05, 3.63) is 82.9 Å². The summed E-state index contributed by atoms with van der Waals surface area (Å²) in [6.45, 7) is 5.55. The normalized spacial score (nSPS) is 16.7. The summed E-state index contributed by atoms with van der Waals surface area (Å²) in [6, 6.07) is 15.5. The van der Waals surface area contributed by atoms with Crippen molar-refractivity contribution in [3.63, 3.8) is 0 Å². The van der Waals surface area contributed by atoms with E-state index in [-0.39, 0.29) is 6.61 Å². The van der Waals surface area contributed by atoms with Gasteiger partial charge in [0.15, 0.2) is 0 Å². The summed E-state index contributed by atoms with van der Waals surface area (Å²) in [5, 5.41) is 41.1. The second kappa shape index (κ2) is 18.0. The maximum absolute atomic E-state index is 9.55. The number of halogens is 1. The highest BCUT2D eigenvalue weighted by Crippen LogP contribution is 2.43. The third-order valence-electron chi connectivity index (χ3n) is 6.15. The Bertz CT molecular complexity index is 1230. The fourth-order valence-corrected chi connectivity index (χ4v) is 5.58. The predicted molar refractivity (Wildman–Crippen MR) is 157 cm³/mol. The number of carbonyl (C=O) groups is 4. The largest absolute Gasteiger partial charge is 0.478 e. The lowest BCUT2D eigenvalue weighted by Crippen LogP contribution is -2.48. The molecule has 2 aliphatic heterocycles. The first-order valence-corrected chi connectivity index (χ1v) is 14.1. The molecule has 0 saturated carbocycles. The van der Waals surface area contributed by atoms with Crippen LogP contribution in [-0.2, 0) is 25.6 Å². The number of hydrogen-bond acceptors (Lipinski definition) is 8. The maximum atomic E-state index is 9.55. The molecule has 0 aromatic heterocycles. The summed E-state index contributed by atoms with van der Waals surface area (Å²) in [7, 11) is 0. The first kappa shape index (κ1) is 34.5. The Hall–Kier alpha value is -3.68. The smallest absolute Gasteiger partial charge is 0.328 e. The van der Waals surface area contributed by atoms with Gasteiger partial charge >= 0.3 is 23.9 Å². The average Bonchev–Trinajstić information content (AvgIpc) is 3.11. The van der Waals surface area contributed by atoms with Gasteiger partial charge in [-0.15, -0.1) is 0 Å². The number of hydrogen-bond donors (Lipinski definition) is 5. The van der Waals surface area contributed by atoms with Gasteiger partial charge < -0.3 is 30.4 Å². The molecule has 0 radical (unpaired) electrons. The van der Waals surface area contributed by atoms with Crippen LogP contribution < -0.4 is 0 Å². The predicted octanol–water partition coefficient (Wildman–Crippen LogP) is 3.51. The first-order valence-electron chi connectivity index (χ1n) is 12.9. The van der Waals surface area contributed by atoms with E-state index in [0.717, 1.165) is 50.6 Å². The monoisotopic (exact) mass is 620 g/mol. The molecule has 2 aromatic carbocycles. The molecule has 0 aliphatic carbocycles. The van der Waals surface area contributed by atoms with E-state index < -0.39 is 23.9 Å². The summed E-state index contributed by atoms with van der Waals surface area (Å²) in [6.07, 6.45) is 4.13. The van der Waals surface area contributed by atoms with Crippen LogP contribution in [0.1, 0.15) is 23.6 Å². The van der Waals surface area contributed by atoms with Crippen LogP contribution in [0.25, 0.3) is 0 Å². The molecule has 1 saturated heterocycles. The standard InChI is InChI=1S/C21H25ClN2OS.2C4H4O4/c22-17-6-7-21-18(15-17)19(14-16-4-1-2-5-20(16)26-21)24-11-9-23(10-12-24)8-3-13-25;2*5-3(6)1-2-4(7)8/h1-2,4-7,15,19,25H,3,8-14H2;2*1-2H,(H,5,6)(H,7,8)/b;2*2-1-. The highest BCUT2D eigenvalue weighted by molar-refractivity contribution is 7.99. The number of aliphatic carboxylic acids is 4. The minimum atomic E-state index is -1.26. The molecule has 2 heterocycles. The van der Waals surface area contributed by atoms with E-state index in [2.05, 4.69) is 46.2 Å². The zero-order valence-electron chi connectivity index (χ0n) is 22.6. The Labute approximate surface area is 252 Å². The number of nitrogens with zero attached hydrogens (tertiary/aromatic N) is 2. The Morgan fingerprint density at radius 2 is 1.36 bits per heavy atom. The first-order chi connectivity index (χ1) is 20.0. The number of piperazine rings is 1. The van der Waals surface area contributed by atoms with E-state index in [9.17, 15) is 19.2 Å². The van der Waals surface area contributed by atoms with Crippen molar-refractivity contribution in [1.82, 2.24) is 9.80 Å². The van der Waals surface area contributed by atoms with Crippen molar-refractivity contribution in [3.8, 4) is 0 Å². The Kier molecular flexibility index (Phi) is 14.8. The van der Waals surface area contributed by atoms with Gasteiger partial charge in [-0.05, 0) is 48.2 Å². The van der Waals surface area contributed by atoms with E-state index in [4.69, 9.17) is 37.1 Å². The minimum absolute atomic E-state index is 0.280. The zero-order chi connectivity index (χ0) is 31.1. The summed E-state index contributed by atoms with van der Waals surface area (Å²) >= 11 is 8.23. The summed E-state index contributed by atoms with van der Waals surface area (Å²) < 4.78 is 0. The fraction of sp³-hybridized carbons (Fsp3) is 0.310. The molecular formula is C29H33ClN2O9S. The van der Waals surface area contributed by atoms with E-state index in [0.29, 0.717) is 30.3 Å². The Morgan fingerprint density at radius 1 is 0.810 bits per heavy atom. The van der Waals surface area contributed by atoms with Gasteiger partial charge in [0.2, 0.25) is 0 Å². The number of carboxylic acids is 4. The number of rotatable bonds is 8. The molecule has 0 spiro atoms. The number of fused-ring (bicyclic) bond motifs is 2. The SMILES string of the molecule is O=C(O)/C=C\C(=O)O.O=C(O)/C=C\C(=O)O.OCCCN1CCN(C2Cc3ccccc3Sc3ccc(Cl)cc32)CC1. The van der Waals surface area contributed by atoms with Crippen LogP contribution in [0.2, 0.25) is 5.02 Å². The van der Waals surface area contributed by atoms with Gasteiger partial charge in [0.05, 0.1) is 0 Å². The van der Waals surface area contributed by atoms with Crippen LogP contribution >= 0.6 is 23.4 Å². The Balaban J connectivity index is 0.000000319. The van der Waals surface area contributed by atoms with E-state index in [1.807, 2.05) is 17.8 Å². The third kappa shape index (κ3) is 12.5. The molecule has 0 amide bonds. The minimum Gasteiger partial charge on any atom is -0.478 e. The van der Waals surface area contributed by atoms with Crippen LogP contribution in [0, 0.1) is 0 Å². The highest BCUT2D eigenvalue weighted by atomic mass is 35.5.